The van der Waals surface area contributed by atoms with Crippen LogP contribution in [0.1, 0.15) is 84.0 Å². The summed E-state index contributed by atoms with van der Waals surface area (Å²) in [7, 11) is 0. The molecule has 4 aliphatic carbocycles. The van der Waals surface area contributed by atoms with Gasteiger partial charge in [0.05, 0.1) is 0 Å². The summed E-state index contributed by atoms with van der Waals surface area (Å²) < 4.78 is 0. The summed E-state index contributed by atoms with van der Waals surface area (Å²) in [5.74, 6) is 3.00. The molecule has 3 unspecified atom stereocenters. The van der Waals surface area contributed by atoms with E-state index >= 15 is 0 Å². The van der Waals surface area contributed by atoms with Crippen LogP contribution in [0.5, 0.6) is 0 Å². The third kappa shape index (κ3) is 2.73. The molecule has 1 heteroatoms. The lowest BCUT2D eigenvalue weighted by Gasteiger charge is -2.60. The van der Waals surface area contributed by atoms with E-state index in [1.165, 1.54) is 70.6 Å². The molecule has 19 heavy (non-hydrogen) atoms. The van der Waals surface area contributed by atoms with Crippen molar-refractivity contribution in [2.45, 2.75) is 90.0 Å². The van der Waals surface area contributed by atoms with Gasteiger partial charge in [-0.15, -0.1) is 0 Å². The lowest BCUT2D eigenvalue weighted by molar-refractivity contribution is -0.0773. The Morgan fingerprint density at radius 1 is 0.895 bits per heavy atom. The highest BCUT2D eigenvalue weighted by atomic mass is 14.8. The maximum absolute atomic E-state index is 6.66. The molecule has 5 atom stereocenters. The fourth-order valence-electron chi connectivity index (χ4n) is 5.88. The predicted molar refractivity (Wildman–Crippen MR) is 82.0 cm³/mol. The minimum atomic E-state index is 0.552. The number of hydrogen-bond donors (Lipinski definition) is 1. The molecule has 0 spiro atoms. The minimum Gasteiger partial charge on any atom is -0.327 e. The van der Waals surface area contributed by atoms with Gasteiger partial charge >= 0.3 is 0 Å². The van der Waals surface area contributed by atoms with Gasteiger partial charge in [0.25, 0.3) is 0 Å². The van der Waals surface area contributed by atoms with E-state index in [2.05, 4.69) is 6.92 Å². The molecule has 4 bridgehead atoms. The van der Waals surface area contributed by atoms with Crippen LogP contribution in [0.2, 0.25) is 0 Å². The van der Waals surface area contributed by atoms with Crippen LogP contribution in [-0.2, 0) is 0 Å². The van der Waals surface area contributed by atoms with Crippen molar-refractivity contribution in [1.29, 1.82) is 0 Å². The molecule has 4 aliphatic rings. The van der Waals surface area contributed by atoms with Crippen LogP contribution >= 0.6 is 0 Å². The maximum atomic E-state index is 6.66. The molecule has 4 rings (SSSR count). The van der Waals surface area contributed by atoms with Gasteiger partial charge in [-0.1, -0.05) is 45.4 Å². The largest absolute Gasteiger partial charge is 0.327 e. The first kappa shape index (κ1) is 13.9. The fourth-order valence-corrected chi connectivity index (χ4v) is 5.88. The molecule has 0 radical (unpaired) electrons. The topological polar surface area (TPSA) is 26.0 Å². The Morgan fingerprint density at radius 3 is 2.21 bits per heavy atom. The van der Waals surface area contributed by atoms with Crippen molar-refractivity contribution < 1.29 is 0 Å². The Labute approximate surface area is 119 Å². The van der Waals surface area contributed by atoms with E-state index in [1.807, 2.05) is 0 Å². The Bertz CT molecular complexity index is 284. The monoisotopic (exact) mass is 263 g/mol. The second-order valence-electron chi connectivity index (χ2n) is 8.01. The minimum absolute atomic E-state index is 0.552. The van der Waals surface area contributed by atoms with Gasteiger partial charge in [0.1, 0.15) is 0 Å². The van der Waals surface area contributed by atoms with Crippen LogP contribution in [0, 0.1) is 23.2 Å². The van der Waals surface area contributed by atoms with E-state index in [9.17, 15) is 0 Å². The van der Waals surface area contributed by atoms with Crippen molar-refractivity contribution in [3.05, 3.63) is 0 Å². The van der Waals surface area contributed by atoms with E-state index in [0.29, 0.717) is 11.5 Å². The van der Waals surface area contributed by atoms with Gasteiger partial charge in [0.2, 0.25) is 0 Å². The molecule has 0 aromatic carbocycles. The molecule has 110 valence electrons. The van der Waals surface area contributed by atoms with Crippen molar-refractivity contribution in [1.82, 2.24) is 0 Å². The second-order valence-corrected chi connectivity index (χ2v) is 8.01. The summed E-state index contributed by atoms with van der Waals surface area (Å²) in [6.45, 7) is 2.30. The van der Waals surface area contributed by atoms with Gasteiger partial charge in [0, 0.05) is 6.04 Å². The quantitative estimate of drug-likeness (QED) is 0.650. The first-order valence-electron chi connectivity index (χ1n) is 8.99. The summed E-state index contributed by atoms with van der Waals surface area (Å²) in [5, 5.41) is 0. The molecule has 2 N–H and O–H groups in total. The summed E-state index contributed by atoms with van der Waals surface area (Å²) in [5.41, 5.74) is 7.25. The zero-order valence-electron chi connectivity index (χ0n) is 12.9. The molecule has 0 heterocycles. The fraction of sp³-hybridized carbons (Fsp3) is 1.00. The molecular weight excluding hydrogens is 230 g/mol. The van der Waals surface area contributed by atoms with E-state index in [1.54, 1.807) is 6.42 Å². The molecule has 0 aliphatic heterocycles. The first-order chi connectivity index (χ1) is 9.23. The summed E-state index contributed by atoms with van der Waals surface area (Å²) >= 11 is 0. The van der Waals surface area contributed by atoms with Gasteiger partial charge in [-0.3, -0.25) is 0 Å². The predicted octanol–water partition coefficient (Wildman–Crippen LogP) is 4.89. The normalized spacial score (nSPS) is 43.9. The zero-order valence-corrected chi connectivity index (χ0v) is 12.9. The van der Waals surface area contributed by atoms with Gasteiger partial charge in [-0.05, 0) is 61.7 Å². The van der Waals surface area contributed by atoms with Crippen molar-refractivity contribution in [3.8, 4) is 0 Å². The number of rotatable bonds is 7. The average Bonchev–Trinajstić information content (AvgIpc) is 2.39. The van der Waals surface area contributed by atoms with E-state index in [-0.39, 0.29) is 0 Å². The lowest BCUT2D eigenvalue weighted by atomic mass is 9.46. The second kappa shape index (κ2) is 5.76. The summed E-state index contributed by atoms with van der Waals surface area (Å²) in [6, 6.07) is 0.552. The molecule has 0 aromatic heterocycles. The zero-order chi connectivity index (χ0) is 13.3. The average molecular weight is 263 g/mol. The number of nitrogens with two attached hydrogens (primary N) is 1. The van der Waals surface area contributed by atoms with Crippen molar-refractivity contribution >= 4 is 0 Å². The molecule has 1 nitrogen and oxygen atoms in total. The highest BCUT2D eigenvalue weighted by molar-refractivity contribution is 5.08. The van der Waals surface area contributed by atoms with E-state index in [4.69, 9.17) is 5.73 Å². The van der Waals surface area contributed by atoms with Gasteiger partial charge in [-0.25, -0.2) is 0 Å². The number of hydrogen-bond acceptors (Lipinski definition) is 1. The molecule has 4 saturated carbocycles. The van der Waals surface area contributed by atoms with E-state index in [0.717, 1.165) is 17.8 Å². The van der Waals surface area contributed by atoms with Crippen LogP contribution < -0.4 is 5.73 Å². The molecule has 0 amide bonds. The van der Waals surface area contributed by atoms with Crippen LogP contribution in [-0.4, -0.2) is 6.04 Å². The van der Waals surface area contributed by atoms with Gasteiger partial charge in [0.15, 0.2) is 0 Å². The molecular formula is C18H33N. The highest BCUT2D eigenvalue weighted by Crippen LogP contribution is 2.61. The Kier molecular flexibility index (Phi) is 4.22. The Hall–Kier alpha value is -0.0400. The summed E-state index contributed by atoms with van der Waals surface area (Å²) in [4.78, 5) is 0. The first-order valence-corrected chi connectivity index (χ1v) is 8.99. The molecule has 0 saturated heterocycles. The smallest absolute Gasteiger partial charge is 0.0124 e. The van der Waals surface area contributed by atoms with Crippen LogP contribution in [0.3, 0.4) is 0 Å². The van der Waals surface area contributed by atoms with Gasteiger partial charge in [-0.2, -0.15) is 0 Å². The van der Waals surface area contributed by atoms with Crippen LogP contribution in [0.4, 0.5) is 0 Å². The van der Waals surface area contributed by atoms with E-state index < -0.39 is 0 Å². The Balaban J connectivity index is 1.49. The van der Waals surface area contributed by atoms with Gasteiger partial charge < -0.3 is 5.73 Å². The third-order valence-corrected chi connectivity index (χ3v) is 6.57. The highest BCUT2D eigenvalue weighted by Gasteiger charge is 2.54. The van der Waals surface area contributed by atoms with Crippen LogP contribution in [0.25, 0.3) is 0 Å². The summed E-state index contributed by atoms with van der Waals surface area (Å²) in [6.07, 6.45) is 17.5. The standard InChI is InChI=1S/C18H33N/c1-2-3-4-5-6-7-8-18-12-14-9-15(13-18)11-16(10-14)17(18)19/h14-17H,2-13,19H2,1H3/t14-,15+,16?,17?,18?. The molecule has 4 fully saturated rings. The van der Waals surface area contributed by atoms with Crippen molar-refractivity contribution in [3.63, 3.8) is 0 Å². The Morgan fingerprint density at radius 2 is 1.53 bits per heavy atom. The van der Waals surface area contributed by atoms with Crippen molar-refractivity contribution in [2.24, 2.45) is 28.9 Å². The third-order valence-electron chi connectivity index (χ3n) is 6.57. The number of unbranched alkanes of at least 4 members (excludes halogenated alkanes) is 5. The van der Waals surface area contributed by atoms with Crippen LogP contribution in [0.15, 0.2) is 0 Å². The lowest BCUT2D eigenvalue weighted by Crippen LogP contribution is -2.59. The molecule has 0 aromatic rings. The maximum Gasteiger partial charge on any atom is 0.0124 e. The van der Waals surface area contributed by atoms with Crippen molar-refractivity contribution in [2.75, 3.05) is 0 Å². The SMILES string of the molecule is CCCCCCCCC12C[C@@H]3CC(C[C@@H](C3)C1)C2N.